The van der Waals surface area contributed by atoms with Crippen LogP contribution < -0.4 is 10.1 Å². The number of hydrogen-bond acceptors (Lipinski definition) is 3. The third-order valence-corrected chi connectivity index (χ3v) is 5.82. The minimum atomic E-state index is -0.598. The van der Waals surface area contributed by atoms with Crippen molar-refractivity contribution in [1.82, 2.24) is 10.2 Å². The number of hydrogen-bond donors (Lipinski definition) is 1. The number of nitrogens with zero attached hydrogens (tertiary/aromatic N) is 1. The van der Waals surface area contributed by atoms with Crippen LogP contribution in [0.25, 0.3) is 0 Å². The van der Waals surface area contributed by atoms with Crippen LogP contribution in [0, 0.1) is 0 Å². The van der Waals surface area contributed by atoms with Crippen molar-refractivity contribution < 1.29 is 14.3 Å². The summed E-state index contributed by atoms with van der Waals surface area (Å²) in [7, 11) is 1.60. The van der Waals surface area contributed by atoms with E-state index in [-0.39, 0.29) is 30.8 Å². The van der Waals surface area contributed by atoms with Crippen molar-refractivity contribution in [1.29, 1.82) is 0 Å². The zero-order chi connectivity index (χ0) is 23.0. The first-order valence-corrected chi connectivity index (χ1v) is 11.2. The molecule has 7 heteroatoms. The normalized spacial score (nSPS) is 12.7. The molecule has 0 saturated heterocycles. The van der Waals surface area contributed by atoms with Crippen LogP contribution in [0.3, 0.4) is 0 Å². The highest BCUT2D eigenvalue weighted by molar-refractivity contribution is 6.35. The molecule has 5 nitrogen and oxygen atoms in total. The maximum atomic E-state index is 13.4. The second-order valence-corrected chi connectivity index (χ2v) is 8.37. The van der Waals surface area contributed by atoms with Crippen molar-refractivity contribution in [2.24, 2.45) is 0 Å². The van der Waals surface area contributed by atoms with Crippen LogP contribution in [0.15, 0.2) is 42.5 Å². The molecule has 0 heterocycles. The third kappa shape index (κ3) is 7.15. The molecule has 2 aromatic carbocycles. The monoisotopic (exact) mass is 464 g/mol. The Morgan fingerprint density at radius 2 is 1.84 bits per heavy atom. The van der Waals surface area contributed by atoms with Gasteiger partial charge in [0.25, 0.3) is 0 Å². The lowest BCUT2D eigenvalue weighted by Crippen LogP contribution is -2.51. The highest BCUT2D eigenvalue weighted by Crippen LogP contribution is 2.23. The lowest BCUT2D eigenvalue weighted by Gasteiger charge is -2.31. The van der Waals surface area contributed by atoms with Gasteiger partial charge >= 0.3 is 0 Å². The van der Waals surface area contributed by atoms with Gasteiger partial charge < -0.3 is 15.0 Å². The van der Waals surface area contributed by atoms with E-state index < -0.39 is 6.04 Å². The lowest BCUT2D eigenvalue weighted by molar-refractivity contribution is -0.141. The highest BCUT2D eigenvalue weighted by atomic mass is 35.5. The van der Waals surface area contributed by atoms with E-state index >= 15 is 0 Å². The summed E-state index contributed by atoms with van der Waals surface area (Å²) in [5, 5.41) is 3.94. The van der Waals surface area contributed by atoms with Crippen LogP contribution in [0.5, 0.6) is 5.75 Å². The average Bonchev–Trinajstić information content (AvgIpc) is 2.75. The topological polar surface area (TPSA) is 58.6 Å². The molecule has 2 aromatic rings. The number of benzene rings is 2. The Labute approximate surface area is 194 Å². The molecule has 168 valence electrons. The SMILES string of the molecule is CCC(C)NC(=O)C(CC)N(Cc1cccc(OC)c1)C(=O)Cc1ccc(Cl)cc1Cl. The number of rotatable bonds is 10. The number of ether oxygens (including phenoxy) is 1. The summed E-state index contributed by atoms with van der Waals surface area (Å²) in [5.74, 6) is 0.358. The summed E-state index contributed by atoms with van der Waals surface area (Å²) in [6.45, 7) is 6.15. The fraction of sp³-hybridized carbons (Fsp3) is 0.417. The number of carbonyl (C=O) groups excluding carboxylic acids is 2. The summed E-state index contributed by atoms with van der Waals surface area (Å²) < 4.78 is 5.31. The van der Waals surface area contributed by atoms with Gasteiger partial charge in [0.15, 0.2) is 0 Å². The van der Waals surface area contributed by atoms with Crippen molar-refractivity contribution >= 4 is 35.0 Å². The number of halogens is 2. The predicted octanol–water partition coefficient (Wildman–Crippen LogP) is 5.27. The standard InChI is InChI=1S/C24H30Cl2N2O3/c1-5-16(3)27-24(30)22(6-2)28(15-17-8-7-9-20(12-17)31-4)23(29)13-18-10-11-19(25)14-21(18)26/h7-12,14,16,22H,5-6,13,15H2,1-4H3,(H,27,30). The zero-order valence-corrected chi connectivity index (χ0v) is 20.0. The van der Waals surface area contributed by atoms with Gasteiger partial charge in [-0.3, -0.25) is 9.59 Å². The van der Waals surface area contributed by atoms with Gasteiger partial charge in [0, 0.05) is 22.6 Å². The molecule has 1 N–H and O–H groups in total. The zero-order valence-electron chi connectivity index (χ0n) is 18.5. The van der Waals surface area contributed by atoms with E-state index in [1.54, 1.807) is 30.2 Å². The van der Waals surface area contributed by atoms with Crippen LogP contribution >= 0.6 is 23.2 Å². The number of carbonyl (C=O) groups is 2. The van der Waals surface area contributed by atoms with Gasteiger partial charge in [-0.05, 0) is 55.2 Å². The van der Waals surface area contributed by atoms with Crippen molar-refractivity contribution in [3.8, 4) is 5.75 Å². The molecule has 0 bridgehead atoms. The molecule has 0 fully saturated rings. The van der Waals surface area contributed by atoms with Crippen LogP contribution in [-0.2, 0) is 22.6 Å². The summed E-state index contributed by atoms with van der Waals surface area (Å²) in [6, 6.07) is 12.0. The number of methoxy groups -OCH3 is 1. The van der Waals surface area contributed by atoms with E-state index in [4.69, 9.17) is 27.9 Å². The molecule has 0 aliphatic carbocycles. The Bertz CT molecular complexity index is 904. The third-order valence-electron chi connectivity index (χ3n) is 5.23. The Morgan fingerprint density at radius 3 is 2.45 bits per heavy atom. The molecule has 0 aliphatic heterocycles. The molecular formula is C24H30Cl2N2O3. The van der Waals surface area contributed by atoms with Gasteiger partial charge in [0.2, 0.25) is 11.8 Å². The van der Waals surface area contributed by atoms with E-state index in [0.29, 0.717) is 27.8 Å². The molecule has 31 heavy (non-hydrogen) atoms. The van der Waals surface area contributed by atoms with E-state index in [9.17, 15) is 9.59 Å². The minimum absolute atomic E-state index is 0.0287. The molecule has 0 spiro atoms. The van der Waals surface area contributed by atoms with Gasteiger partial charge in [0.05, 0.1) is 13.5 Å². The molecule has 0 saturated carbocycles. The van der Waals surface area contributed by atoms with Crippen molar-refractivity contribution in [2.75, 3.05) is 7.11 Å². The maximum Gasteiger partial charge on any atom is 0.243 e. The highest BCUT2D eigenvalue weighted by Gasteiger charge is 2.29. The Balaban J connectivity index is 2.34. The predicted molar refractivity (Wildman–Crippen MR) is 126 cm³/mol. The molecule has 2 amide bonds. The summed E-state index contributed by atoms with van der Waals surface area (Å²) in [4.78, 5) is 28.0. The molecular weight excluding hydrogens is 435 g/mol. The Morgan fingerprint density at radius 1 is 1.10 bits per heavy atom. The second kappa shape index (κ2) is 12.0. The van der Waals surface area contributed by atoms with Crippen molar-refractivity contribution in [3.05, 3.63) is 63.6 Å². The van der Waals surface area contributed by atoms with E-state index in [1.165, 1.54) is 0 Å². The smallest absolute Gasteiger partial charge is 0.243 e. The lowest BCUT2D eigenvalue weighted by atomic mass is 10.1. The van der Waals surface area contributed by atoms with Gasteiger partial charge in [-0.15, -0.1) is 0 Å². The molecule has 0 radical (unpaired) electrons. The molecule has 2 atom stereocenters. The summed E-state index contributed by atoms with van der Waals surface area (Å²) >= 11 is 12.3. The van der Waals surface area contributed by atoms with Gasteiger partial charge in [-0.2, -0.15) is 0 Å². The quantitative estimate of drug-likeness (QED) is 0.520. The molecule has 2 unspecified atom stereocenters. The van der Waals surface area contributed by atoms with Crippen LogP contribution in [0.4, 0.5) is 0 Å². The van der Waals surface area contributed by atoms with Gasteiger partial charge in [-0.25, -0.2) is 0 Å². The molecule has 2 rings (SSSR count). The fourth-order valence-corrected chi connectivity index (χ4v) is 3.73. The van der Waals surface area contributed by atoms with E-state index in [0.717, 1.165) is 12.0 Å². The number of nitrogens with one attached hydrogen (secondary N) is 1. The van der Waals surface area contributed by atoms with Crippen LogP contribution in [0.1, 0.15) is 44.7 Å². The van der Waals surface area contributed by atoms with Crippen LogP contribution in [-0.4, -0.2) is 35.9 Å². The maximum absolute atomic E-state index is 13.4. The largest absolute Gasteiger partial charge is 0.497 e. The summed E-state index contributed by atoms with van der Waals surface area (Å²) in [6.07, 6.45) is 1.38. The van der Waals surface area contributed by atoms with Crippen molar-refractivity contribution in [3.63, 3.8) is 0 Å². The van der Waals surface area contributed by atoms with E-state index in [2.05, 4.69) is 5.32 Å². The fourth-order valence-electron chi connectivity index (χ4n) is 3.26. The van der Waals surface area contributed by atoms with Crippen LogP contribution in [0.2, 0.25) is 10.0 Å². The number of amides is 2. The Kier molecular flexibility index (Phi) is 9.66. The molecule has 0 aromatic heterocycles. The minimum Gasteiger partial charge on any atom is -0.497 e. The molecule has 0 aliphatic rings. The van der Waals surface area contributed by atoms with Gasteiger partial charge in [0.1, 0.15) is 11.8 Å². The van der Waals surface area contributed by atoms with Crippen molar-refractivity contribution in [2.45, 2.75) is 58.7 Å². The first-order chi connectivity index (χ1) is 14.8. The van der Waals surface area contributed by atoms with Gasteiger partial charge in [-0.1, -0.05) is 55.2 Å². The Hall–Kier alpha value is -2.24. The van der Waals surface area contributed by atoms with E-state index in [1.807, 2.05) is 45.0 Å². The summed E-state index contributed by atoms with van der Waals surface area (Å²) in [5.41, 5.74) is 1.55. The second-order valence-electron chi connectivity index (χ2n) is 7.53. The first-order valence-electron chi connectivity index (χ1n) is 10.5. The average molecular weight is 465 g/mol. The first kappa shape index (κ1) is 25.0.